The maximum Gasteiger partial charge on any atom is 0.170 e. The number of hydrogen-bond donors (Lipinski definition) is 0. The van der Waals surface area contributed by atoms with Crippen molar-refractivity contribution in [1.29, 1.82) is 0 Å². The van der Waals surface area contributed by atoms with Crippen LogP contribution < -0.4 is 9.47 Å². The highest BCUT2D eigenvalue weighted by molar-refractivity contribution is 5.50. The molecule has 0 aliphatic carbocycles. The Hall–Kier alpha value is -2.74. The summed E-state index contributed by atoms with van der Waals surface area (Å²) in [7, 11) is 0. The molecular weight excluding hydrogens is 272 g/mol. The van der Waals surface area contributed by atoms with Gasteiger partial charge in [0.25, 0.3) is 0 Å². The minimum atomic E-state index is 0.721. The van der Waals surface area contributed by atoms with Crippen molar-refractivity contribution >= 4 is 0 Å². The fraction of sp³-hybridized carbons (Fsp3) is 0.100. The lowest BCUT2D eigenvalue weighted by Gasteiger charge is -2.14. The van der Waals surface area contributed by atoms with E-state index in [0.717, 1.165) is 23.0 Å². The van der Waals surface area contributed by atoms with Crippen molar-refractivity contribution in [3.05, 3.63) is 83.9 Å². The van der Waals surface area contributed by atoms with Crippen molar-refractivity contribution < 1.29 is 9.47 Å². The topological polar surface area (TPSA) is 18.5 Å². The van der Waals surface area contributed by atoms with Gasteiger partial charge < -0.3 is 9.47 Å². The molecule has 0 fully saturated rings. The molecule has 0 aromatic heterocycles. The van der Waals surface area contributed by atoms with E-state index in [1.165, 1.54) is 11.1 Å². The van der Waals surface area contributed by atoms with Gasteiger partial charge in [0.05, 0.1) is 0 Å². The van der Waals surface area contributed by atoms with E-state index >= 15 is 0 Å². The van der Waals surface area contributed by atoms with Gasteiger partial charge in [-0.25, -0.2) is 0 Å². The highest BCUT2D eigenvalue weighted by Gasteiger charge is 2.10. The van der Waals surface area contributed by atoms with Gasteiger partial charge in [0.1, 0.15) is 11.5 Å². The molecule has 110 valence electrons. The van der Waals surface area contributed by atoms with E-state index in [-0.39, 0.29) is 0 Å². The Bertz CT molecular complexity index is 683. The maximum absolute atomic E-state index is 5.99. The quantitative estimate of drug-likeness (QED) is 0.596. The van der Waals surface area contributed by atoms with Crippen LogP contribution in [0, 0.1) is 13.8 Å². The third-order valence-corrected chi connectivity index (χ3v) is 3.50. The first-order chi connectivity index (χ1) is 10.7. The first-order valence-corrected chi connectivity index (χ1v) is 7.29. The molecular formula is C20H18O2. The van der Waals surface area contributed by atoms with Gasteiger partial charge in [0.2, 0.25) is 0 Å². The Labute approximate surface area is 131 Å². The van der Waals surface area contributed by atoms with Crippen LogP contribution >= 0.6 is 0 Å². The summed E-state index contributed by atoms with van der Waals surface area (Å²) in [5.74, 6) is 3.03. The lowest BCUT2D eigenvalue weighted by molar-refractivity contribution is 0.418. The standard InChI is InChI=1S/C20H18O2/c1-15-13-19(21-17-9-5-3-6-10-17)20(14-16(15)2)22-18-11-7-4-8-12-18/h3-14H,1-2H3. The molecule has 0 atom stereocenters. The van der Waals surface area contributed by atoms with Crippen LogP contribution in [0.3, 0.4) is 0 Å². The van der Waals surface area contributed by atoms with Gasteiger partial charge in [0.15, 0.2) is 11.5 Å². The zero-order chi connectivity index (χ0) is 15.4. The zero-order valence-corrected chi connectivity index (χ0v) is 12.7. The molecule has 0 spiro atoms. The molecule has 0 amide bonds. The van der Waals surface area contributed by atoms with E-state index in [0.29, 0.717) is 0 Å². The van der Waals surface area contributed by atoms with E-state index in [2.05, 4.69) is 13.8 Å². The van der Waals surface area contributed by atoms with E-state index < -0.39 is 0 Å². The van der Waals surface area contributed by atoms with Gasteiger partial charge in [-0.3, -0.25) is 0 Å². The Morgan fingerprint density at radius 3 is 1.27 bits per heavy atom. The van der Waals surface area contributed by atoms with E-state index in [4.69, 9.17) is 9.47 Å². The summed E-state index contributed by atoms with van der Waals surface area (Å²) < 4.78 is 12.0. The second kappa shape index (κ2) is 6.35. The number of benzene rings is 3. The summed E-state index contributed by atoms with van der Waals surface area (Å²) in [6.07, 6.45) is 0. The van der Waals surface area contributed by atoms with Crippen molar-refractivity contribution in [3.63, 3.8) is 0 Å². The maximum atomic E-state index is 5.99. The third kappa shape index (κ3) is 3.29. The van der Waals surface area contributed by atoms with E-state index in [1.54, 1.807) is 0 Å². The van der Waals surface area contributed by atoms with Crippen molar-refractivity contribution in [3.8, 4) is 23.0 Å². The van der Waals surface area contributed by atoms with Gasteiger partial charge in [-0.1, -0.05) is 36.4 Å². The van der Waals surface area contributed by atoms with Crippen LogP contribution in [-0.2, 0) is 0 Å². The predicted molar refractivity (Wildman–Crippen MR) is 88.9 cm³/mol. The van der Waals surface area contributed by atoms with Crippen LogP contribution in [0.2, 0.25) is 0 Å². The smallest absolute Gasteiger partial charge is 0.170 e. The molecule has 0 aliphatic rings. The Morgan fingerprint density at radius 2 is 0.909 bits per heavy atom. The van der Waals surface area contributed by atoms with Crippen LogP contribution in [0.4, 0.5) is 0 Å². The molecule has 0 unspecified atom stereocenters. The molecule has 22 heavy (non-hydrogen) atoms. The van der Waals surface area contributed by atoms with Crippen LogP contribution in [0.5, 0.6) is 23.0 Å². The summed E-state index contributed by atoms with van der Waals surface area (Å²) in [5, 5.41) is 0. The van der Waals surface area contributed by atoms with Gasteiger partial charge in [0, 0.05) is 0 Å². The first-order valence-electron chi connectivity index (χ1n) is 7.29. The minimum Gasteiger partial charge on any atom is -0.453 e. The van der Waals surface area contributed by atoms with Crippen molar-refractivity contribution in [2.24, 2.45) is 0 Å². The highest BCUT2D eigenvalue weighted by atomic mass is 16.5. The highest BCUT2D eigenvalue weighted by Crippen LogP contribution is 2.36. The molecule has 2 heteroatoms. The second-order valence-electron chi connectivity index (χ2n) is 5.21. The SMILES string of the molecule is Cc1cc(Oc2ccccc2)c(Oc2ccccc2)cc1C. The molecule has 0 aliphatic heterocycles. The van der Waals surface area contributed by atoms with Gasteiger partial charge in [-0.15, -0.1) is 0 Å². The largest absolute Gasteiger partial charge is 0.453 e. The van der Waals surface area contributed by atoms with Crippen LogP contribution in [0.15, 0.2) is 72.8 Å². The van der Waals surface area contributed by atoms with Crippen LogP contribution in [0.1, 0.15) is 11.1 Å². The second-order valence-corrected chi connectivity index (χ2v) is 5.21. The molecule has 0 saturated carbocycles. The minimum absolute atomic E-state index is 0.721. The summed E-state index contributed by atoms with van der Waals surface area (Å²) in [6.45, 7) is 4.14. The lowest BCUT2D eigenvalue weighted by atomic mass is 10.1. The fourth-order valence-electron chi connectivity index (χ4n) is 2.15. The average molecular weight is 290 g/mol. The monoisotopic (exact) mass is 290 g/mol. The van der Waals surface area contributed by atoms with Crippen LogP contribution in [-0.4, -0.2) is 0 Å². The van der Waals surface area contributed by atoms with Crippen molar-refractivity contribution in [1.82, 2.24) is 0 Å². The van der Waals surface area contributed by atoms with Crippen molar-refractivity contribution in [2.45, 2.75) is 13.8 Å². The molecule has 0 radical (unpaired) electrons. The molecule has 0 bridgehead atoms. The molecule has 0 heterocycles. The summed E-state index contributed by atoms with van der Waals surface area (Å²) in [5.41, 5.74) is 2.35. The molecule has 2 nitrogen and oxygen atoms in total. The molecule has 3 aromatic carbocycles. The van der Waals surface area contributed by atoms with Crippen LogP contribution in [0.25, 0.3) is 0 Å². The third-order valence-electron chi connectivity index (χ3n) is 3.50. The van der Waals surface area contributed by atoms with E-state index in [9.17, 15) is 0 Å². The molecule has 3 aromatic rings. The summed E-state index contributed by atoms with van der Waals surface area (Å²) >= 11 is 0. The predicted octanol–water partition coefficient (Wildman–Crippen LogP) is 5.89. The molecule has 0 N–H and O–H groups in total. The number of ether oxygens (including phenoxy) is 2. The first kappa shape index (κ1) is 14.2. The Kier molecular flexibility index (Phi) is 4.10. The van der Waals surface area contributed by atoms with Gasteiger partial charge in [-0.05, 0) is 61.4 Å². The zero-order valence-electron chi connectivity index (χ0n) is 12.7. The average Bonchev–Trinajstić information content (AvgIpc) is 2.54. The Balaban J connectivity index is 1.95. The van der Waals surface area contributed by atoms with E-state index in [1.807, 2.05) is 72.8 Å². The number of hydrogen-bond acceptors (Lipinski definition) is 2. The molecule has 3 rings (SSSR count). The number of rotatable bonds is 4. The van der Waals surface area contributed by atoms with Gasteiger partial charge >= 0.3 is 0 Å². The fourth-order valence-corrected chi connectivity index (χ4v) is 2.15. The van der Waals surface area contributed by atoms with Crippen molar-refractivity contribution in [2.75, 3.05) is 0 Å². The van der Waals surface area contributed by atoms with Gasteiger partial charge in [-0.2, -0.15) is 0 Å². The Morgan fingerprint density at radius 1 is 0.545 bits per heavy atom. The number of para-hydroxylation sites is 2. The lowest BCUT2D eigenvalue weighted by Crippen LogP contribution is -1.93. The summed E-state index contributed by atoms with van der Waals surface area (Å²) in [6, 6.07) is 23.5. The summed E-state index contributed by atoms with van der Waals surface area (Å²) in [4.78, 5) is 0. The number of aryl methyl sites for hydroxylation is 2. The normalized spacial score (nSPS) is 10.3. The molecule has 0 saturated heterocycles.